The van der Waals surface area contributed by atoms with E-state index in [1.54, 1.807) is 0 Å². The molecule has 11 heteroatoms. The molecule has 0 amide bonds. The van der Waals surface area contributed by atoms with E-state index in [9.17, 15) is 24.2 Å². The Morgan fingerprint density at radius 1 is 0.633 bits per heavy atom. The number of nitrogens with zero attached hydrogens (tertiary/aromatic N) is 1. The SMILES string of the molecule is CCCCCCCCCCCCCCCC(=O)OC[C@H](CO)OC(=O)CCCCCCCCCCCCC.C[N+](C)(C)CCOP(=O)([O-])O. The van der Waals surface area contributed by atoms with Crippen LogP contribution in [0.15, 0.2) is 0 Å². The van der Waals surface area contributed by atoms with E-state index in [1.807, 2.05) is 21.1 Å². The van der Waals surface area contributed by atoms with Crippen molar-refractivity contribution in [2.75, 3.05) is 47.5 Å². The van der Waals surface area contributed by atoms with Crippen LogP contribution in [-0.2, 0) is 28.2 Å². The number of unbranched alkanes of at least 4 members (excludes halogenated alkanes) is 22. The molecule has 49 heavy (non-hydrogen) atoms. The molecule has 0 bridgehead atoms. The van der Waals surface area contributed by atoms with Crippen molar-refractivity contribution < 1.29 is 47.5 Å². The van der Waals surface area contributed by atoms with Crippen molar-refractivity contribution in [2.45, 2.75) is 187 Å². The van der Waals surface area contributed by atoms with Gasteiger partial charge in [0.25, 0.3) is 7.82 Å². The fraction of sp³-hybridized carbons (Fsp3) is 0.947. The Labute approximate surface area is 301 Å². The minimum absolute atomic E-state index is 0.0147. The van der Waals surface area contributed by atoms with Gasteiger partial charge in [0.15, 0.2) is 6.10 Å². The molecule has 0 aromatic rings. The molecule has 294 valence electrons. The second-order valence-corrected chi connectivity index (χ2v) is 15.8. The normalized spacial score (nSPS) is 13.3. The zero-order valence-corrected chi connectivity index (χ0v) is 33.3. The van der Waals surface area contributed by atoms with Gasteiger partial charge < -0.3 is 33.4 Å². The first-order valence-electron chi connectivity index (χ1n) is 19.8. The highest BCUT2D eigenvalue weighted by atomic mass is 31.2. The molecular weight excluding hydrogens is 645 g/mol. The summed E-state index contributed by atoms with van der Waals surface area (Å²) in [6.45, 7) is 4.67. The minimum Gasteiger partial charge on any atom is -0.756 e. The van der Waals surface area contributed by atoms with E-state index >= 15 is 0 Å². The molecule has 0 saturated heterocycles. The van der Waals surface area contributed by atoms with Gasteiger partial charge in [-0.1, -0.05) is 155 Å². The minimum atomic E-state index is -4.51. The predicted octanol–water partition coefficient (Wildman–Crippen LogP) is 8.79. The lowest BCUT2D eigenvalue weighted by atomic mass is 10.0. The highest BCUT2D eigenvalue weighted by Gasteiger charge is 2.16. The first-order chi connectivity index (χ1) is 23.3. The van der Waals surface area contributed by atoms with Crippen LogP contribution in [0.5, 0.6) is 0 Å². The van der Waals surface area contributed by atoms with Crippen LogP contribution in [0.3, 0.4) is 0 Å². The summed E-state index contributed by atoms with van der Waals surface area (Å²) in [6.07, 6.45) is 30.1. The summed E-state index contributed by atoms with van der Waals surface area (Å²) in [6, 6.07) is 0. The molecule has 0 aliphatic heterocycles. The van der Waals surface area contributed by atoms with Crippen LogP contribution in [0.2, 0.25) is 0 Å². The van der Waals surface area contributed by atoms with Crippen molar-refractivity contribution in [2.24, 2.45) is 0 Å². The standard InChI is InChI=1S/C33H64O5.C5H14NO4P/c1-3-5-7-9-11-13-15-16-18-19-21-23-25-27-32(35)37-30-31(29-34)38-33(36)28-26-24-22-20-17-14-12-10-8-6-4-2;1-6(2,3)4-5-10-11(7,8)9/h31,34H,3-30H2,1-2H3;4-5H2,1-3H3,(H-,7,8,9)/t31-;/m0./s1. The number of aliphatic hydroxyl groups is 1. The third-order valence-electron chi connectivity index (χ3n) is 8.42. The van der Waals surface area contributed by atoms with Crippen LogP contribution < -0.4 is 4.89 Å². The summed E-state index contributed by atoms with van der Waals surface area (Å²) in [4.78, 5) is 42.3. The number of phosphoric acid groups is 1. The molecule has 1 unspecified atom stereocenters. The van der Waals surface area contributed by atoms with E-state index in [-0.39, 0.29) is 31.8 Å². The number of aliphatic hydroxyl groups excluding tert-OH is 1. The van der Waals surface area contributed by atoms with Gasteiger partial charge in [-0.25, -0.2) is 0 Å². The quantitative estimate of drug-likeness (QED) is 0.0288. The van der Waals surface area contributed by atoms with Crippen molar-refractivity contribution in [3.8, 4) is 0 Å². The number of esters is 2. The van der Waals surface area contributed by atoms with Gasteiger partial charge in [-0.05, 0) is 12.8 Å². The van der Waals surface area contributed by atoms with Gasteiger partial charge in [0, 0.05) is 12.8 Å². The highest BCUT2D eigenvalue weighted by molar-refractivity contribution is 7.44. The fourth-order valence-electron chi connectivity index (χ4n) is 5.28. The average Bonchev–Trinajstić information content (AvgIpc) is 3.03. The molecule has 0 aliphatic carbocycles. The van der Waals surface area contributed by atoms with Crippen molar-refractivity contribution in [3.63, 3.8) is 0 Å². The zero-order valence-electron chi connectivity index (χ0n) is 32.4. The summed E-state index contributed by atoms with van der Waals surface area (Å²) < 4.78 is 25.3. The lowest BCUT2D eigenvalue weighted by molar-refractivity contribution is -0.870. The van der Waals surface area contributed by atoms with Crippen molar-refractivity contribution in [3.05, 3.63) is 0 Å². The monoisotopic (exact) mass is 724 g/mol. The number of carbonyl (C=O) groups excluding carboxylic acids is 2. The molecule has 0 saturated carbocycles. The Kier molecular flexibility index (Phi) is 36.2. The van der Waals surface area contributed by atoms with Gasteiger partial charge in [0.1, 0.15) is 19.8 Å². The van der Waals surface area contributed by atoms with E-state index in [1.165, 1.54) is 122 Å². The molecule has 0 fully saturated rings. The van der Waals surface area contributed by atoms with E-state index in [2.05, 4.69) is 18.4 Å². The molecule has 0 spiro atoms. The molecule has 0 aliphatic rings. The number of quaternary nitrogens is 1. The Morgan fingerprint density at radius 3 is 1.31 bits per heavy atom. The molecule has 0 radical (unpaired) electrons. The van der Waals surface area contributed by atoms with Crippen LogP contribution in [0.4, 0.5) is 0 Å². The van der Waals surface area contributed by atoms with Gasteiger partial charge >= 0.3 is 11.9 Å². The summed E-state index contributed by atoms with van der Waals surface area (Å²) in [5.74, 6) is -0.583. The molecule has 10 nitrogen and oxygen atoms in total. The van der Waals surface area contributed by atoms with Gasteiger partial charge in [0.05, 0.1) is 27.7 Å². The van der Waals surface area contributed by atoms with Gasteiger partial charge in [-0.15, -0.1) is 0 Å². The summed E-state index contributed by atoms with van der Waals surface area (Å²) in [5, 5.41) is 9.48. The van der Waals surface area contributed by atoms with Gasteiger partial charge in [0.2, 0.25) is 0 Å². The lowest BCUT2D eigenvalue weighted by Crippen LogP contribution is -2.37. The Hall–Kier alpha value is -1.03. The van der Waals surface area contributed by atoms with Crippen molar-refractivity contribution in [1.82, 2.24) is 0 Å². The molecule has 0 rings (SSSR count). The van der Waals surface area contributed by atoms with Crippen LogP contribution in [0.25, 0.3) is 0 Å². The lowest BCUT2D eigenvalue weighted by Gasteiger charge is -2.25. The number of carbonyl (C=O) groups is 2. The average molecular weight is 724 g/mol. The topological polar surface area (TPSA) is 142 Å². The number of hydrogen-bond acceptors (Lipinski definition) is 8. The molecule has 0 aromatic heterocycles. The first kappa shape index (κ1) is 50.1. The number of rotatable bonds is 34. The van der Waals surface area contributed by atoms with Crippen LogP contribution >= 0.6 is 7.82 Å². The largest absolute Gasteiger partial charge is 0.756 e. The number of phosphoric ester groups is 1. The maximum atomic E-state index is 12.1. The van der Waals surface area contributed by atoms with E-state index in [4.69, 9.17) is 14.4 Å². The fourth-order valence-corrected chi connectivity index (χ4v) is 5.59. The van der Waals surface area contributed by atoms with Gasteiger partial charge in [-0.3, -0.25) is 14.2 Å². The second kappa shape index (κ2) is 35.4. The van der Waals surface area contributed by atoms with E-state index in [0.29, 0.717) is 23.9 Å². The van der Waals surface area contributed by atoms with Crippen molar-refractivity contribution >= 4 is 19.8 Å². The zero-order chi connectivity index (χ0) is 37.1. The van der Waals surface area contributed by atoms with Crippen LogP contribution in [0.1, 0.15) is 181 Å². The first-order valence-corrected chi connectivity index (χ1v) is 21.3. The third-order valence-corrected chi connectivity index (χ3v) is 8.93. The van der Waals surface area contributed by atoms with Crippen molar-refractivity contribution in [1.29, 1.82) is 0 Å². The molecule has 0 aromatic carbocycles. The number of hydrogen-bond donors (Lipinski definition) is 2. The number of likely N-dealkylation sites (N-methyl/N-ethyl adjacent to an activating group) is 1. The molecule has 2 atom stereocenters. The molecule has 0 heterocycles. The maximum absolute atomic E-state index is 12.1. The van der Waals surface area contributed by atoms with Crippen LogP contribution in [-0.4, -0.2) is 80.0 Å². The Morgan fingerprint density at radius 2 is 0.980 bits per heavy atom. The second-order valence-electron chi connectivity index (χ2n) is 14.6. The molecular formula is C38H78NO9P. The van der Waals surface area contributed by atoms with Crippen LogP contribution in [0, 0.1) is 0 Å². The van der Waals surface area contributed by atoms with E-state index in [0.717, 1.165) is 32.1 Å². The smallest absolute Gasteiger partial charge is 0.306 e. The van der Waals surface area contributed by atoms with Gasteiger partial charge in [-0.2, -0.15) is 0 Å². The maximum Gasteiger partial charge on any atom is 0.306 e. The summed E-state index contributed by atoms with van der Waals surface area (Å²) in [5.41, 5.74) is 0. The highest BCUT2D eigenvalue weighted by Crippen LogP contribution is 2.29. The Balaban J connectivity index is 0. The number of ether oxygens (including phenoxy) is 2. The third kappa shape index (κ3) is 44.9. The Bertz CT molecular complexity index is 786. The summed E-state index contributed by atoms with van der Waals surface area (Å²) >= 11 is 0. The molecule has 2 N–H and O–H groups in total. The summed E-state index contributed by atoms with van der Waals surface area (Å²) in [7, 11) is 1.19. The predicted molar refractivity (Wildman–Crippen MR) is 198 cm³/mol. The van der Waals surface area contributed by atoms with E-state index < -0.39 is 13.9 Å².